The molecule has 0 aliphatic carbocycles. The molecule has 0 aliphatic heterocycles. The van der Waals surface area contributed by atoms with Gasteiger partial charge < -0.3 is 14.2 Å². The number of aromatic nitrogens is 2. The molecule has 0 spiro atoms. The van der Waals surface area contributed by atoms with Crippen molar-refractivity contribution in [3.05, 3.63) is 64.7 Å². The molecular weight excluding hydrogens is 386 g/mol. The number of benzene rings is 1. The monoisotopic (exact) mass is 397 g/mol. The van der Waals surface area contributed by atoms with Gasteiger partial charge in [0.25, 0.3) is 5.91 Å². The highest BCUT2D eigenvalue weighted by molar-refractivity contribution is 9.10. The number of halogens is 1. The Bertz CT molecular complexity index is 1050. The van der Waals surface area contributed by atoms with Gasteiger partial charge in [-0.05, 0) is 70.9 Å². The summed E-state index contributed by atoms with van der Waals surface area (Å²) in [7, 11) is 0. The molecule has 4 rings (SSSR count). The van der Waals surface area contributed by atoms with E-state index in [-0.39, 0.29) is 11.7 Å². The third-order valence-corrected chi connectivity index (χ3v) is 4.11. The van der Waals surface area contributed by atoms with Crippen molar-refractivity contribution >= 4 is 38.8 Å². The van der Waals surface area contributed by atoms with Gasteiger partial charge in [0.2, 0.25) is 5.89 Å². The van der Waals surface area contributed by atoms with Crippen molar-refractivity contribution in [3.8, 4) is 11.5 Å². The molecule has 0 atom stereocenters. The molecule has 1 N–H and O–H groups in total. The van der Waals surface area contributed by atoms with Crippen LogP contribution in [0.2, 0.25) is 0 Å². The van der Waals surface area contributed by atoms with Gasteiger partial charge in [-0.3, -0.25) is 4.79 Å². The number of carbonyl (C=O) groups is 1. The Morgan fingerprint density at radius 3 is 2.76 bits per heavy atom. The molecular formula is C18H12BrN3O3. The number of amides is 1. The van der Waals surface area contributed by atoms with Crippen molar-refractivity contribution < 1.29 is 13.6 Å². The van der Waals surface area contributed by atoms with E-state index in [1.165, 1.54) is 0 Å². The van der Waals surface area contributed by atoms with Crippen LogP contribution in [0, 0.1) is 6.92 Å². The number of aryl methyl sites for hydroxylation is 1. The fraction of sp³-hybridized carbons (Fsp3) is 0.0556. The maximum Gasteiger partial charge on any atom is 0.291 e. The minimum Gasteiger partial charge on any atom is -0.444 e. The molecule has 0 saturated heterocycles. The van der Waals surface area contributed by atoms with Crippen molar-refractivity contribution in [2.45, 2.75) is 6.92 Å². The zero-order chi connectivity index (χ0) is 17.4. The van der Waals surface area contributed by atoms with E-state index in [0.29, 0.717) is 27.5 Å². The van der Waals surface area contributed by atoms with Crippen molar-refractivity contribution in [1.29, 1.82) is 0 Å². The Morgan fingerprint density at radius 2 is 2.04 bits per heavy atom. The highest BCUT2D eigenvalue weighted by Gasteiger charge is 2.14. The predicted molar refractivity (Wildman–Crippen MR) is 96.3 cm³/mol. The van der Waals surface area contributed by atoms with E-state index in [0.717, 1.165) is 11.1 Å². The molecule has 25 heavy (non-hydrogen) atoms. The lowest BCUT2D eigenvalue weighted by molar-refractivity contribution is 0.0995. The largest absolute Gasteiger partial charge is 0.444 e. The predicted octanol–water partition coefficient (Wildman–Crippen LogP) is 4.81. The summed E-state index contributed by atoms with van der Waals surface area (Å²) in [5, 5.41) is 2.83. The molecule has 7 heteroatoms. The van der Waals surface area contributed by atoms with Crippen LogP contribution in [0.5, 0.6) is 0 Å². The van der Waals surface area contributed by atoms with Crippen LogP contribution in [-0.4, -0.2) is 15.9 Å². The standard InChI is InChI=1S/C18H12BrN3O3/c1-10-9-11(18-22-16-13(25-18)3-2-8-20-16)4-5-12(10)21-17(23)14-6-7-15(19)24-14/h2-9H,1H3,(H,21,23). The molecule has 0 saturated carbocycles. The van der Waals surface area contributed by atoms with Gasteiger partial charge in [-0.1, -0.05) is 0 Å². The normalized spacial score (nSPS) is 11.0. The van der Waals surface area contributed by atoms with Gasteiger partial charge in [-0.2, -0.15) is 4.98 Å². The number of hydrogen-bond donors (Lipinski definition) is 1. The highest BCUT2D eigenvalue weighted by Crippen LogP contribution is 2.27. The van der Waals surface area contributed by atoms with Crippen LogP contribution in [0.15, 0.2) is 62.2 Å². The summed E-state index contributed by atoms with van der Waals surface area (Å²) >= 11 is 3.18. The van der Waals surface area contributed by atoms with Gasteiger partial charge in [-0.15, -0.1) is 0 Å². The number of furan rings is 1. The average Bonchev–Trinajstić information content (AvgIpc) is 3.22. The zero-order valence-corrected chi connectivity index (χ0v) is 14.7. The van der Waals surface area contributed by atoms with E-state index in [2.05, 4.69) is 31.2 Å². The molecule has 4 aromatic rings. The molecule has 0 unspecified atom stereocenters. The summed E-state index contributed by atoms with van der Waals surface area (Å²) in [5.41, 5.74) is 3.59. The van der Waals surface area contributed by atoms with Gasteiger partial charge in [0, 0.05) is 17.4 Å². The smallest absolute Gasteiger partial charge is 0.291 e. The molecule has 1 amide bonds. The maximum atomic E-state index is 12.2. The second-order valence-corrected chi connectivity index (χ2v) is 6.21. The first-order valence-electron chi connectivity index (χ1n) is 7.49. The van der Waals surface area contributed by atoms with Crippen LogP contribution in [0.1, 0.15) is 16.1 Å². The van der Waals surface area contributed by atoms with Gasteiger partial charge in [-0.25, -0.2) is 4.98 Å². The Hall–Kier alpha value is -2.93. The van der Waals surface area contributed by atoms with Gasteiger partial charge in [0.05, 0.1) is 0 Å². The molecule has 0 aliphatic rings. The third kappa shape index (κ3) is 3.06. The first kappa shape index (κ1) is 15.6. The SMILES string of the molecule is Cc1cc(-c2nc3ncccc3o2)ccc1NC(=O)c1ccc(Br)o1. The maximum absolute atomic E-state index is 12.2. The number of fused-ring (bicyclic) bond motifs is 1. The van der Waals surface area contributed by atoms with E-state index in [1.54, 1.807) is 24.4 Å². The lowest BCUT2D eigenvalue weighted by Crippen LogP contribution is -2.11. The summed E-state index contributed by atoms with van der Waals surface area (Å²) in [6.07, 6.45) is 1.67. The molecule has 3 heterocycles. The molecule has 3 aromatic heterocycles. The highest BCUT2D eigenvalue weighted by atomic mass is 79.9. The van der Waals surface area contributed by atoms with Crippen molar-refractivity contribution in [3.63, 3.8) is 0 Å². The average molecular weight is 398 g/mol. The molecule has 124 valence electrons. The minimum absolute atomic E-state index is 0.236. The lowest BCUT2D eigenvalue weighted by Gasteiger charge is -2.08. The number of nitrogens with one attached hydrogen (secondary N) is 1. The van der Waals surface area contributed by atoms with Gasteiger partial charge in [0.1, 0.15) is 0 Å². The van der Waals surface area contributed by atoms with Crippen LogP contribution in [-0.2, 0) is 0 Å². The van der Waals surface area contributed by atoms with Crippen LogP contribution in [0.25, 0.3) is 22.7 Å². The summed E-state index contributed by atoms with van der Waals surface area (Å²) in [5.74, 6) is 0.414. The van der Waals surface area contributed by atoms with Crippen LogP contribution in [0.4, 0.5) is 5.69 Å². The van der Waals surface area contributed by atoms with E-state index in [1.807, 2.05) is 31.2 Å². The minimum atomic E-state index is -0.312. The second-order valence-electron chi connectivity index (χ2n) is 5.43. The van der Waals surface area contributed by atoms with Crippen LogP contribution >= 0.6 is 15.9 Å². The lowest BCUT2D eigenvalue weighted by atomic mass is 10.1. The van der Waals surface area contributed by atoms with E-state index in [9.17, 15) is 4.79 Å². The third-order valence-electron chi connectivity index (χ3n) is 3.68. The second kappa shape index (κ2) is 6.18. The number of nitrogens with zero attached hydrogens (tertiary/aromatic N) is 2. The molecule has 0 radical (unpaired) electrons. The summed E-state index contributed by atoms with van der Waals surface area (Å²) in [6, 6.07) is 12.4. The van der Waals surface area contributed by atoms with Crippen molar-refractivity contribution in [2.75, 3.05) is 5.32 Å². The van der Waals surface area contributed by atoms with Gasteiger partial charge in [0.15, 0.2) is 21.7 Å². The van der Waals surface area contributed by atoms with Crippen LogP contribution in [0.3, 0.4) is 0 Å². The molecule has 6 nitrogen and oxygen atoms in total. The number of carbonyl (C=O) groups excluding carboxylic acids is 1. The quantitative estimate of drug-likeness (QED) is 0.536. The molecule has 0 bridgehead atoms. The Balaban J connectivity index is 1.61. The number of pyridine rings is 1. The number of rotatable bonds is 3. The van der Waals surface area contributed by atoms with E-state index < -0.39 is 0 Å². The number of hydrogen-bond acceptors (Lipinski definition) is 5. The Kier molecular flexibility index (Phi) is 3.85. The topological polar surface area (TPSA) is 81.2 Å². The Labute approximate surface area is 151 Å². The summed E-state index contributed by atoms with van der Waals surface area (Å²) in [6.45, 7) is 1.90. The van der Waals surface area contributed by atoms with Gasteiger partial charge >= 0.3 is 0 Å². The van der Waals surface area contributed by atoms with E-state index in [4.69, 9.17) is 8.83 Å². The number of oxazole rings is 1. The Morgan fingerprint density at radius 1 is 1.16 bits per heavy atom. The fourth-order valence-corrected chi connectivity index (χ4v) is 2.76. The molecule has 1 aromatic carbocycles. The molecule has 0 fully saturated rings. The zero-order valence-electron chi connectivity index (χ0n) is 13.1. The summed E-state index contributed by atoms with van der Waals surface area (Å²) < 4.78 is 11.5. The first-order valence-corrected chi connectivity index (χ1v) is 8.29. The fourth-order valence-electron chi connectivity index (χ4n) is 2.45. The number of anilines is 1. The van der Waals surface area contributed by atoms with Crippen molar-refractivity contribution in [1.82, 2.24) is 9.97 Å². The summed E-state index contributed by atoms with van der Waals surface area (Å²) in [4.78, 5) is 20.7. The first-order chi connectivity index (χ1) is 12.1. The van der Waals surface area contributed by atoms with E-state index >= 15 is 0 Å². The van der Waals surface area contributed by atoms with Crippen molar-refractivity contribution in [2.24, 2.45) is 0 Å². The van der Waals surface area contributed by atoms with Crippen LogP contribution < -0.4 is 5.32 Å².